The third kappa shape index (κ3) is 5.42. The Hall–Kier alpha value is -1.36. The molecule has 1 N–H and O–H groups in total. The molecule has 5 nitrogen and oxygen atoms in total. The summed E-state index contributed by atoms with van der Waals surface area (Å²) in [6.07, 6.45) is 1.08. The number of hydrogen-bond donors (Lipinski definition) is 1. The van der Waals surface area contributed by atoms with E-state index in [4.69, 9.17) is 4.74 Å². The third-order valence-electron chi connectivity index (χ3n) is 2.80. The molecule has 0 unspecified atom stereocenters. The van der Waals surface area contributed by atoms with Crippen molar-refractivity contribution in [2.45, 2.75) is 34.1 Å². The molecule has 0 bridgehead atoms. The molecule has 0 atom stereocenters. The van der Waals surface area contributed by atoms with E-state index in [-0.39, 0.29) is 0 Å². The largest absolute Gasteiger partial charge is 0.380 e. The highest BCUT2D eigenvalue weighted by Crippen LogP contribution is 2.15. The van der Waals surface area contributed by atoms with Gasteiger partial charge in [-0.05, 0) is 27.2 Å². The topological polar surface area (TPSA) is 50.3 Å². The first-order chi connectivity index (χ1) is 9.21. The van der Waals surface area contributed by atoms with E-state index in [1.807, 2.05) is 19.9 Å². The molecular weight excluding hydrogens is 240 g/mol. The van der Waals surface area contributed by atoms with Gasteiger partial charge < -0.3 is 15.0 Å². The molecule has 0 spiro atoms. The maximum Gasteiger partial charge on any atom is 0.134 e. The van der Waals surface area contributed by atoms with Gasteiger partial charge in [0.15, 0.2) is 0 Å². The Morgan fingerprint density at radius 1 is 1.26 bits per heavy atom. The van der Waals surface area contributed by atoms with E-state index in [0.717, 1.165) is 56.7 Å². The summed E-state index contributed by atoms with van der Waals surface area (Å²) >= 11 is 0. The summed E-state index contributed by atoms with van der Waals surface area (Å²) in [5.41, 5.74) is 0. The Kier molecular flexibility index (Phi) is 7.18. The van der Waals surface area contributed by atoms with Crippen LogP contribution in [0, 0.1) is 6.92 Å². The van der Waals surface area contributed by atoms with Gasteiger partial charge >= 0.3 is 0 Å². The zero-order chi connectivity index (χ0) is 14.1. The number of aromatic nitrogens is 2. The predicted octanol–water partition coefficient (Wildman–Crippen LogP) is 2.47. The van der Waals surface area contributed by atoms with E-state index < -0.39 is 0 Å². The van der Waals surface area contributed by atoms with Crippen molar-refractivity contribution in [3.63, 3.8) is 0 Å². The predicted molar refractivity (Wildman–Crippen MR) is 79.9 cm³/mol. The quantitative estimate of drug-likeness (QED) is 0.696. The molecule has 0 fully saturated rings. The number of ether oxygens (including phenoxy) is 1. The number of aryl methyl sites for hydroxylation is 1. The first-order valence-corrected chi connectivity index (χ1v) is 7.13. The van der Waals surface area contributed by atoms with E-state index in [9.17, 15) is 0 Å². The minimum atomic E-state index is 0.727. The highest BCUT2D eigenvalue weighted by atomic mass is 16.5. The summed E-state index contributed by atoms with van der Waals surface area (Å²) in [5.74, 6) is 2.67. The second kappa shape index (κ2) is 8.69. The molecule has 108 valence electrons. The van der Waals surface area contributed by atoms with Gasteiger partial charge in [0.05, 0.1) is 6.61 Å². The summed E-state index contributed by atoms with van der Waals surface area (Å²) in [7, 11) is 0. The average Bonchev–Trinajstić information content (AvgIpc) is 2.41. The molecule has 0 amide bonds. The first-order valence-electron chi connectivity index (χ1n) is 7.13. The second-order valence-electron chi connectivity index (χ2n) is 4.36. The van der Waals surface area contributed by atoms with Crippen molar-refractivity contribution in [2.24, 2.45) is 0 Å². The molecule has 1 aromatic rings. The van der Waals surface area contributed by atoms with Crippen LogP contribution in [-0.2, 0) is 4.74 Å². The Labute approximate surface area is 116 Å². The van der Waals surface area contributed by atoms with Gasteiger partial charge in [-0.2, -0.15) is 0 Å². The molecule has 0 saturated heterocycles. The summed E-state index contributed by atoms with van der Waals surface area (Å²) in [4.78, 5) is 11.1. The summed E-state index contributed by atoms with van der Waals surface area (Å²) < 4.78 is 5.41. The Morgan fingerprint density at radius 3 is 2.68 bits per heavy atom. The molecule has 1 heterocycles. The van der Waals surface area contributed by atoms with Crippen LogP contribution in [0.15, 0.2) is 6.07 Å². The lowest BCUT2D eigenvalue weighted by atomic mass is 10.4. The zero-order valence-electron chi connectivity index (χ0n) is 12.6. The highest BCUT2D eigenvalue weighted by Gasteiger charge is 2.08. The first kappa shape index (κ1) is 15.7. The lowest BCUT2D eigenvalue weighted by molar-refractivity contribution is 0.154. The Balaban J connectivity index is 2.75. The smallest absolute Gasteiger partial charge is 0.134 e. The van der Waals surface area contributed by atoms with Crippen molar-refractivity contribution in [2.75, 3.05) is 43.1 Å². The molecule has 0 aliphatic carbocycles. The van der Waals surface area contributed by atoms with Crippen LogP contribution in [-0.4, -0.2) is 42.8 Å². The SMILES string of the molecule is CCCNc1cc(N(CC)CCOCC)nc(C)n1. The molecule has 1 rings (SSSR count). The van der Waals surface area contributed by atoms with Crippen LogP contribution in [0.2, 0.25) is 0 Å². The van der Waals surface area contributed by atoms with Gasteiger partial charge in [0.1, 0.15) is 17.5 Å². The molecule has 5 heteroatoms. The third-order valence-corrected chi connectivity index (χ3v) is 2.80. The van der Waals surface area contributed by atoms with E-state index in [1.54, 1.807) is 0 Å². The lowest BCUT2D eigenvalue weighted by Crippen LogP contribution is -2.28. The van der Waals surface area contributed by atoms with Gasteiger partial charge in [0.25, 0.3) is 0 Å². The fourth-order valence-electron chi connectivity index (χ4n) is 1.81. The van der Waals surface area contributed by atoms with Crippen LogP contribution in [0.4, 0.5) is 11.6 Å². The van der Waals surface area contributed by atoms with Gasteiger partial charge in [-0.3, -0.25) is 0 Å². The molecule has 0 radical (unpaired) electrons. The maximum absolute atomic E-state index is 5.41. The fraction of sp³-hybridized carbons (Fsp3) is 0.714. The van der Waals surface area contributed by atoms with Crippen LogP contribution in [0.3, 0.4) is 0 Å². The van der Waals surface area contributed by atoms with Crippen molar-refractivity contribution in [3.05, 3.63) is 11.9 Å². The minimum absolute atomic E-state index is 0.727. The van der Waals surface area contributed by atoms with E-state index in [2.05, 4.69) is 34.0 Å². The van der Waals surface area contributed by atoms with Crippen molar-refractivity contribution < 1.29 is 4.74 Å². The van der Waals surface area contributed by atoms with Gasteiger partial charge in [0.2, 0.25) is 0 Å². The van der Waals surface area contributed by atoms with E-state index >= 15 is 0 Å². The monoisotopic (exact) mass is 266 g/mol. The highest BCUT2D eigenvalue weighted by molar-refractivity contribution is 5.49. The van der Waals surface area contributed by atoms with Gasteiger partial charge in [-0.25, -0.2) is 9.97 Å². The number of rotatable bonds is 9. The van der Waals surface area contributed by atoms with Gasteiger partial charge in [-0.1, -0.05) is 6.92 Å². The molecule has 1 aromatic heterocycles. The normalized spacial score (nSPS) is 10.5. The van der Waals surface area contributed by atoms with E-state index in [0.29, 0.717) is 0 Å². The van der Waals surface area contributed by atoms with Gasteiger partial charge in [-0.15, -0.1) is 0 Å². The summed E-state index contributed by atoms with van der Waals surface area (Å²) in [5, 5.41) is 3.31. The molecule has 0 aromatic carbocycles. The van der Waals surface area contributed by atoms with Crippen LogP contribution < -0.4 is 10.2 Å². The standard InChI is InChI=1S/C14H26N4O/c1-5-8-15-13-11-14(17-12(4)16-13)18(6-2)9-10-19-7-3/h11H,5-10H2,1-4H3,(H,15,16,17). The number of hydrogen-bond acceptors (Lipinski definition) is 5. The summed E-state index contributed by atoms with van der Waals surface area (Å²) in [6, 6.07) is 2.01. The van der Waals surface area contributed by atoms with Gasteiger partial charge in [0, 0.05) is 32.3 Å². The Bertz CT molecular complexity index is 370. The minimum Gasteiger partial charge on any atom is -0.380 e. The lowest BCUT2D eigenvalue weighted by Gasteiger charge is -2.22. The molecular formula is C14H26N4O. The molecule has 0 aliphatic rings. The van der Waals surface area contributed by atoms with Crippen molar-refractivity contribution in [1.82, 2.24) is 9.97 Å². The number of nitrogens with zero attached hydrogens (tertiary/aromatic N) is 3. The fourth-order valence-corrected chi connectivity index (χ4v) is 1.81. The molecule has 0 aliphatic heterocycles. The Morgan fingerprint density at radius 2 is 2.05 bits per heavy atom. The number of anilines is 2. The van der Waals surface area contributed by atoms with Crippen LogP contribution >= 0.6 is 0 Å². The zero-order valence-corrected chi connectivity index (χ0v) is 12.6. The maximum atomic E-state index is 5.41. The van der Waals surface area contributed by atoms with Crippen LogP contribution in [0.1, 0.15) is 33.0 Å². The molecule has 19 heavy (non-hydrogen) atoms. The van der Waals surface area contributed by atoms with Crippen LogP contribution in [0.5, 0.6) is 0 Å². The number of nitrogens with one attached hydrogen (secondary N) is 1. The molecule has 0 saturated carbocycles. The van der Waals surface area contributed by atoms with Crippen molar-refractivity contribution >= 4 is 11.6 Å². The number of likely N-dealkylation sites (N-methyl/N-ethyl adjacent to an activating group) is 1. The second-order valence-corrected chi connectivity index (χ2v) is 4.36. The summed E-state index contributed by atoms with van der Waals surface area (Å²) in [6.45, 7) is 12.4. The van der Waals surface area contributed by atoms with E-state index in [1.165, 1.54) is 0 Å². The van der Waals surface area contributed by atoms with Crippen molar-refractivity contribution in [1.29, 1.82) is 0 Å². The van der Waals surface area contributed by atoms with Crippen LogP contribution in [0.25, 0.3) is 0 Å². The van der Waals surface area contributed by atoms with Crippen molar-refractivity contribution in [3.8, 4) is 0 Å². The average molecular weight is 266 g/mol.